The van der Waals surface area contributed by atoms with Gasteiger partial charge in [0.1, 0.15) is 0 Å². The van der Waals surface area contributed by atoms with Crippen LogP contribution in [-0.2, 0) is 33.9 Å². The van der Waals surface area contributed by atoms with Crippen LogP contribution >= 0.6 is 15.8 Å². The van der Waals surface area contributed by atoms with Crippen molar-refractivity contribution in [3.8, 4) is 0 Å². The zero-order chi connectivity index (χ0) is 17.4. The van der Waals surface area contributed by atoms with Gasteiger partial charge in [-0.3, -0.25) is 14.4 Å². The fourth-order valence-electron chi connectivity index (χ4n) is 1.34. The van der Waals surface area contributed by atoms with Crippen LogP contribution in [0.2, 0.25) is 0 Å². The van der Waals surface area contributed by atoms with Crippen molar-refractivity contribution in [3.63, 3.8) is 0 Å². The minimum atomic E-state index is 0. The predicted octanol–water partition coefficient (Wildman–Crippen LogP) is 3.86. The quantitative estimate of drug-likeness (QED) is 0.483. The third kappa shape index (κ3) is 44.9. The Hall–Kier alpha value is 0.493. The number of carbonyl (C=O) groups excluding carboxylic acids is 3. The monoisotopic (exact) mass is 422 g/mol. The number of hydrogen-bond donors (Lipinski definition) is 0. The average Bonchev–Trinajstić information content (AvgIpc) is 2.57. The first-order valence-corrected chi connectivity index (χ1v) is 10.5. The van der Waals surface area contributed by atoms with E-state index < -0.39 is 0 Å². The van der Waals surface area contributed by atoms with Gasteiger partial charge in [0, 0.05) is 19.5 Å². The first-order chi connectivity index (χ1) is 9.69. The fourth-order valence-corrected chi connectivity index (χ4v) is 4.02. The van der Waals surface area contributed by atoms with Gasteiger partial charge in [0.15, 0.2) is 0 Å². The molecule has 0 saturated carbocycles. The third-order valence-electron chi connectivity index (χ3n) is 2.68. The maximum atomic E-state index is 7.50. The van der Waals surface area contributed by atoms with E-state index in [1.54, 1.807) is 0 Å². The SMILES string of the molecule is CCP(CC)CC.CCP(CC)CC.[C]=O.[C]=O.[C]=O.[Ru]. The minimum Gasteiger partial charge on any atom is -0.281 e. The van der Waals surface area contributed by atoms with Crippen LogP contribution in [0.4, 0.5) is 0 Å². The van der Waals surface area contributed by atoms with E-state index in [0.717, 1.165) is 0 Å². The maximum absolute atomic E-state index is 7.50. The fraction of sp³-hybridized carbons (Fsp3) is 0.800. The van der Waals surface area contributed by atoms with E-state index >= 15 is 0 Å². The van der Waals surface area contributed by atoms with Crippen molar-refractivity contribution in [1.82, 2.24) is 0 Å². The summed E-state index contributed by atoms with van der Waals surface area (Å²) in [6.07, 6.45) is 8.51. The summed E-state index contributed by atoms with van der Waals surface area (Å²) in [5.41, 5.74) is 0. The van der Waals surface area contributed by atoms with Crippen LogP contribution < -0.4 is 0 Å². The summed E-state index contributed by atoms with van der Waals surface area (Å²) >= 11 is 0. The molecule has 0 aliphatic heterocycles. The van der Waals surface area contributed by atoms with E-state index in [0.29, 0.717) is 15.8 Å². The van der Waals surface area contributed by atoms with Crippen LogP contribution in [0.5, 0.6) is 0 Å². The van der Waals surface area contributed by atoms with Crippen molar-refractivity contribution in [1.29, 1.82) is 0 Å². The Morgan fingerprint density at radius 2 is 0.571 bits per heavy atom. The topological polar surface area (TPSA) is 51.2 Å². The summed E-state index contributed by atoms with van der Waals surface area (Å²) in [5.74, 6) is 0. The smallest absolute Gasteiger partial charge is 0.281 e. The normalized spacial score (nSPS) is 7.43. The molecule has 0 N–H and O–H groups in total. The van der Waals surface area contributed by atoms with Gasteiger partial charge in [0.25, 0.3) is 20.4 Å². The van der Waals surface area contributed by atoms with Crippen molar-refractivity contribution in [2.75, 3.05) is 37.0 Å². The zero-order valence-corrected chi connectivity index (χ0v) is 17.7. The molecule has 0 aromatic heterocycles. The molecule has 0 amide bonds. The molecule has 0 aromatic carbocycles. The van der Waals surface area contributed by atoms with E-state index in [1.807, 2.05) is 0 Å². The Bertz CT molecular complexity index is 108. The van der Waals surface area contributed by atoms with E-state index in [-0.39, 0.29) is 19.5 Å². The van der Waals surface area contributed by atoms with E-state index in [4.69, 9.17) is 14.4 Å². The summed E-state index contributed by atoms with van der Waals surface area (Å²) in [6.45, 7) is 27.2. The molecule has 126 valence electrons. The second-order valence-electron chi connectivity index (χ2n) is 3.24. The summed E-state index contributed by atoms with van der Waals surface area (Å²) in [5, 5.41) is 0. The molecule has 0 rings (SSSR count). The molecule has 0 atom stereocenters. The molecule has 21 heavy (non-hydrogen) atoms. The Balaban J connectivity index is -0.0000000381. The second kappa shape index (κ2) is 49.9. The molecular weight excluding hydrogens is 391 g/mol. The number of rotatable bonds is 6. The van der Waals surface area contributed by atoms with Crippen molar-refractivity contribution < 1.29 is 33.9 Å². The van der Waals surface area contributed by atoms with Crippen molar-refractivity contribution in [2.45, 2.75) is 41.5 Å². The van der Waals surface area contributed by atoms with Crippen LogP contribution in [0.1, 0.15) is 41.5 Å². The summed E-state index contributed by atoms with van der Waals surface area (Å²) in [6, 6.07) is 0. The van der Waals surface area contributed by atoms with Gasteiger partial charge in [-0.15, -0.1) is 15.8 Å². The zero-order valence-electron chi connectivity index (χ0n) is 14.2. The molecule has 6 radical (unpaired) electrons. The molecule has 3 nitrogen and oxygen atoms in total. The van der Waals surface area contributed by atoms with Gasteiger partial charge >= 0.3 is 0 Å². The van der Waals surface area contributed by atoms with Crippen LogP contribution in [-0.4, -0.2) is 57.3 Å². The minimum absolute atomic E-state index is 0. The molecule has 0 aliphatic rings. The van der Waals surface area contributed by atoms with Crippen LogP contribution in [0.15, 0.2) is 0 Å². The van der Waals surface area contributed by atoms with Crippen molar-refractivity contribution in [2.24, 2.45) is 0 Å². The maximum Gasteiger partial charge on any atom is 0.281 e. The standard InChI is InChI=1S/2C6H15P.3CO.Ru/c2*1-4-7(5-2)6-3;3*1-2;/h2*4-6H2,1-3H3;;;;. The Morgan fingerprint density at radius 1 is 0.476 bits per heavy atom. The largest absolute Gasteiger partial charge is 0.281 e. The third-order valence-corrected chi connectivity index (χ3v) is 8.05. The van der Waals surface area contributed by atoms with E-state index in [1.165, 1.54) is 37.0 Å². The van der Waals surface area contributed by atoms with Gasteiger partial charge in [-0.1, -0.05) is 41.5 Å². The molecule has 0 bridgehead atoms. The Labute approximate surface area is 148 Å². The molecule has 0 unspecified atom stereocenters. The molecule has 0 heterocycles. The van der Waals surface area contributed by atoms with Crippen LogP contribution in [0, 0.1) is 0 Å². The van der Waals surface area contributed by atoms with Crippen molar-refractivity contribution >= 4 is 36.2 Å². The Morgan fingerprint density at radius 3 is 0.571 bits per heavy atom. The molecule has 0 aromatic rings. The summed E-state index contributed by atoms with van der Waals surface area (Å²) < 4.78 is 0. The van der Waals surface area contributed by atoms with Gasteiger partial charge in [0.05, 0.1) is 0 Å². The summed E-state index contributed by atoms with van der Waals surface area (Å²) in [7, 11) is 0.892. The van der Waals surface area contributed by atoms with Crippen molar-refractivity contribution in [3.05, 3.63) is 0 Å². The average molecular weight is 421 g/mol. The van der Waals surface area contributed by atoms with E-state index in [9.17, 15) is 0 Å². The first kappa shape index (κ1) is 37.6. The molecule has 0 saturated heterocycles. The first-order valence-electron chi connectivity index (χ1n) is 6.75. The van der Waals surface area contributed by atoms with Gasteiger partial charge < -0.3 is 0 Å². The molecule has 0 aliphatic carbocycles. The van der Waals surface area contributed by atoms with Crippen LogP contribution in [0.25, 0.3) is 0 Å². The second-order valence-corrected chi connectivity index (χ2v) is 9.72. The molecule has 0 fully saturated rings. The molecular formula is C15H30O3P2Ru. The summed E-state index contributed by atoms with van der Waals surface area (Å²) in [4.78, 5) is 22.5. The van der Waals surface area contributed by atoms with Gasteiger partial charge in [-0.2, -0.15) is 0 Å². The number of hydrogen-bond acceptors (Lipinski definition) is 3. The van der Waals surface area contributed by atoms with E-state index in [2.05, 4.69) is 61.9 Å². The predicted molar refractivity (Wildman–Crippen MR) is 94.2 cm³/mol. The molecule has 0 spiro atoms. The van der Waals surface area contributed by atoms with Gasteiger partial charge in [-0.05, 0) is 37.0 Å². The van der Waals surface area contributed by atoms with Crippen LogP contribution in [0.3, 0.4) is 0 Å². The molecule has 6 heteroatoms. The van der Waals surface area contributed by atoms with Gasteiger partial charge in [0.2, 0.25) is 0 Å². The Kier molecular flexibility index (Phi) is 89.3. The van der Waals surface area contributed by atoms with Gasteiger partial charge in [-0.25, -0.2) is 0 Å².